The minimum absolute atomic E-state index is 0.0827. The smallest absolute Gasteiger partial charge is 0.325 e. The van der Waals surface area contributed by atoms with Gasteiger partial charge in [-0.2, -0.15) is 18.3 Å². The lowest BCUT2D eigenvalue weighted by molar-refractivity contribution is -0.141. The molecule has 30 heavy (non-hydrogen) atoms. The van der Waals surface area contributed by atoms with Crippen LogP contribution >= 0.6 is 0 Å². The summed E-state index contributed by atoms with van der Waals surface area (Å²) in [4.78, 5) is 7.84. The third-order valence-electron chi connectivity index (χ3n) is 4.81. The topological polar surface area (TPSA) is 55.6 Å². The summed E-state index contributed by atoms with van der Waals surface area (Å²) in [5.41, 5.74) is 2.98. The number of hydrogen-bond donors (Lipinski definition) is 1. The molecule has 3 heterocycles. The summed E-state index contributed by atoms with van der Waals surface area (Å²) < 4.78 is 40.6. The van der Waals surface area contributed by atoms with E-state index in [1.54, 1.807) is 12.3 Å². The van der Waals surface area contributed by atoms with E-state index in [9.17, 15) is 13.2 Å². The van der Waals surface area contributed by atoms with E-state index in [0.29, 0.717) is 11.7 Å². The SMILES string of the molecule is CC(C)c1c2cc(-c3ccnc(Nc4cccc(C(F)(F)F)n4)c3)ccc2nn1C. The van der Waals surface area contributed by atoms with E-state index in [0.717, 1.165) is 33.8 Å². The molecule has 0 unspecified atom stereocenters. The van der Waals surface area contributed by atoms with Crippen molar-refractivity contribution in [2.24, 2.45) is 7.05 Å². The van der Waals surface area contributed by atoms with Crippen LogP contribution in [-0.4, -0.2) is 19.7 Å². The lowest BCUT2D eigenvalue weighted by Crippen LogP contribution is -2.09. The fourth-order valence-corrected chi connectivity index (χ4v) is 3.55. The Bertz CT molecular complexity index is 1210. The standard InChI is InChI=1S/C22H20F3N5/c1-13(2)21-16-11-14(7-8-17(16)29-30(21)3)15-9-10-26-20(12-15)28-19-6-4-5-18(27-19)22(23,24)25/h4-13H,1-3H3,(H,26,27,28). The number of pyridine rings is 2. The number of hydrogen-bond acceptors (Lipinski definition) is 4. The zero-order chi connectivity index (χ0) is 21.5. The summed E-state index contributed by atoms with van der Waals surface area (Å²) in [7, 11) is 1.94. The van der Waals surface area contributed by atoms with Crippen LogP contribution in [0.15, 0.2) is 54.7 Å². The van der Waals surface area contributed by atoms with E-state index in [1.165, 1.54) is 12.1 Å². The third-order valence-corrected chi connectivity index (χ3v) is 4.81. The maximum absolute atomic E-state index is 12.9. The Kier molecular flexibility index (Phi) is 4.93. The van der Waals surface area contributed by atoms with E-state index < -0.39 is 11.9 Å². The van der Waals surface area contributed by atoms with Crippen LogP contribution in [0.5, 0.6) is 0 Å². The molecule has 4 aromatic rings. The first-order valence-electron chi connectivity index (χ1n) is 9.47. The summed E-state index contributed by atoms with van der Waals surface area (Å²) in [6.45, 7) is 4.25. The Balaban J connectivity index is 1.68. The van der Waals surface area contributed by atoms with Gasteiger partial charge in [-0.05, 0) is 53.4 Å². The van der Waals surface area contributed by atoms with E-state index in [-0.39, 0.29) is 5.82 Å². The Labute approximate surface area is 171 Å². The van der Waals surface area contributed by atoms with Gasteiger partial charge < -0.3 is 5.32 Å². The van der Waals surface area contributed by atoms with Crippen molar-refractivity contribution in [3.8, 4) is 11.1 Å². The van der Waals surface area contributed by atoms with Gasteiger partial charge in [0, 0.05) is 24.3 Å². The summed E-state index contributed by atoms with van der Waals surface area (Å²) in [6.07, 6.45) is -2.89. The van der Waals surface area contributed by atoms with Gasteiger partial charge in [0.2, 0.25) is 0 Å². The van der Waals surface area contributed by atoms with Gasteiger partial charge in [-0.3, -0.25) is 4.68 Å². The lowest BCUT2D eigenvalue weighted by atomic mass is 10.0. The second-order valence-corrected chi connectivity index (χ2v) is 7.36. The van der Waals surface area contributed by atoms with Crippen molar-refractivity contribution in [1.82, 2.24) is 19.7 Å². The number of anilines is 2. The number of nitrogens with one attached hydrogen (secondary N) is 1. The fourth-order valence-electron chi connectivity index (χ4n) is 3.55. The first kappa shape index (κ1) is 19.9. The first-order chi connectivity index (χ1) is 14.2. The predicted molar refractivity (Wildman–Crippen MR) is 111 cm³/mol. The molecule has 0 bridgehead atoms. The number of alkyl halides is 3. The zero-order valence-corrected chi connectivity index (χ0v) is 16.7. The molecule has 0 amide bonds. The van der Waals surface area contributed by atoms with Crippen molar-refractivity contribution in [3.63, 3.8) is 0 Å². The van der Waals surface area contributed by atoms with Gasteiger partial charge >= 0.3 is 6.18 Å². The van der Waals surface area contributed by atoms with Crippen molar-refractivity contribution in [2.45, 2.75) is 25.9 Å². The highest BCUT2D eigenvalue weighted by atomic mass is 19.4. The molecule has 0 radical (unpaired) electrons. The van der Waals surface area contributed by atoms with Crippen LogP contribution < -0.4 is 5.32 Å². The number of halogens is 3. The predicted octanol–water partition coefficient (Wildman–Crippen LogP) is 5.92. The summed E-state index contributed by atoms with van der Waals surface area (Å²) in [5.74, 6) is 0.811. The summed E-state index contributed by atoms with van der Waals surface area (Å²) in [5, 5.41) is 8.50. The average molecular weight is 411 g/mol. The molecule has 0 aliphatic heterocycles. The molecule has 5 nitrogen and oxygen atoms in total. The summed E-state index contributed by atoms with van der Waals surface area (Å²) in [6, 6.07) is 13.4. The molecule has 0 aliphatic carbocycles. The Morgan fingerprint density at radius 2 is 1.73 bits per heavy atom. The lowest BCUT2D eigenvalue weighted by Gasteiger charge is -2.10. The number of nitrogens with zero attached hydrogens (tertiary/aromatic N) is 4. The number of benzene rings is 1. The molecular formula is C22H20F3N5. The monoisotopic (exact) mass is 411 g/mol. The maximum Gasteiger partial charge on any atom is 0.433 e. The van der Waals surface area contributed by atoms with E-state index >= 15 is 0 Å². The molecule has 0 aliphatic rings. The molecule has 0 spiro atoms. The van der Waals surface area contributed by atoms with E-state index in [1.807, 2.05) is 29.9 Å². The number of aryl methyl sites for hydroxylation is 1. The molecule has 0 saturated heterocycles. The van der Waals surface area contributed by atoms with Gasteiger partial charge in [-0.1, -0.05) is 26.0 Å². The van der Waals surface area contributed by atoms with Gasteiger partial charge in [-0.15, -0.1) is 0 Å². The van der Waals surface area contributed by atoms with Gasteiger partial charge in [0.25, 0.3) is 0 Å². The highest BCUT2D eigenvalue weighted by Gasteiger charge is 2.32. The zero-order valence-electron chi connectivity index (χ0n) is 16.7. The van der Waals surface area contributed by atoms with Crippen molar-refractivity contribution in [3.05, 3.63) is 66.1 Å². The highest BCUT2D eigenvalue weighted by molar-refractivity contribution is 5.87. The molecule has 0 saturated carbocycles. The van der Waals surface area contributed by atoms with Crippen molar-refractivity contribution < 1.29 is 13.2 Å². The minimum Gasteiger partial charge on any atom is -0.325 e. The Morgan fingerprint density at radius 1 is 0.967 bits per heavy atom. The van der Waals surface area contributed by atoms with Gasteiger partial charge in [0.1, 0.15) is 17.3 Å². The quantitative estimate of drug-likeness (QED) is 0.453. The summed E-state index contributed by atoms with van der Waals surface area (Å²) >= 11 is 0. The molecule has 8 heteroatoms. The molecular weight excluding hydrogens is 391 g/mol. The van der Waals surface area contributed by atoms with Gasteiger partial charge in [0.05, 0.1) is 5.52 Å². The molecule has 3 aromatic heterocycles. The van der Waals surface area contributed by atoms with Crippen LogP contribution in [0.4, 0.5) is 24.8 Å². The normalized spacial score (nSPS) is 12.0. The van der Waals surface area contributed by atoms with Crippen molar-refractivity contribution in [1.29, 1.82) is 0 Å². The number of fused-ring (bicyclic) bond motifs is 1. The average Bonchev–Trinajstić information content (AvgIpc) is 3.03. The van der Waals surface area contributed by atoms with Crippen LogP contribution in [0.25, 0.3) is 22.0 Å². The first-order valence-corrected chi connectivity index (χ1v) is 9.47. The molecule has 1 aromatic carbocycles. The Morgan fingerprint density at radius 3 is 2.47 bits per heavy atom. The van der Waals surface area contributed by atoms with Crippen LogP contribution in [0.2, 0.25) is 0 Å². The molecule has 154 valence electrons. The highest BCUT2D eigenvalue weighted by Crippen LogP contribution is 2.31. The third kappa shape index (κ3) is 3.85. The largest absolute Gasteiger partial charge is 0.433 e. The number of rotatable bonds is 4. The minimum atomic E-state index is -4.50. The second kappa shape index (κ2) is 7.44. The van der Waals surface area contributed by atoms with E-state index in [2.05, 4.69) is 40.3 Å². The van der Waals surface area contributed by atoms with Crippen molar-refractivity contribution >= 4 is 22.5 Å². The molecule has 4 rings (SSSR count). The van der Waals surface area contributed by atoms with Crippen LogP contribution in [-0.2, 0) is 13.2 Å². The van der Waals surface area contributed by atoms with Crippen molar-refractivity contribution in [2.75, 3.05) is 5.32 Å². The van der Waals surface area contributed by atoms with Crippen LogP contribution in [0.3, 0.4) is 0 Å². The van der Waals surface area contributed by atoms with Crippen LogP contribution in [0, 0.1) is 0 Å². The van der Waals surface area contributed by atoms with Gasteiger partial charge in [-0.25, -0.2) is 9.97 Å². The van der Waals surface area contributed by atoms with Crippen LogP contribution in [0.1, 0.15) is 31.2 Å². The second-order valence-electron chi connectivity index (χ2n) is 7.36. The molecule has 0 atom stereocenters. The number of aromatic nitrogens is 4. The van der Waals surface area contributed by atoms with E-state index in [4.69, 9.17) is 0 Å². The maximum atomic E-state index is 12.9. The fraction of sp³-hybridized carbons (Fsp3) is 0.227. The molecule has 0 fully saturated rings. The molecule has 1 N–H and O–H groups in total. The van der Waals surface area contributed by atoms with Gasteiger partial charge in [0.15, 0.2) is 0 Å². The Hall–Kier alpha value is -3.42.